The van der Waals surface area contributed by atoms with Gasteiger partial charge in [0, 0.05) is 24.0 Å². The van der Waals surface area contributed by atoms with Crippen LogP contribution in [0.25, 0.3) is 10.9 Å². The second-order valence-electron chi connectivity index (χ2n) is 6.84. The number of aromatic hydroxyl groups is 1. The molecule has 1 aromatic heterocycles. The molecule has 0 radical (unpaired) electrons. The van der Waals surface area contributed by atoms with Gasteiger partial charge in [0.05, 0.1) is 18.7 Å². The van der Waals surface area contributed by atoms with Gasteiger partial charge in [-0.2, -0.15) is 0 Å². The van der Waals surface area contributed by atoms with E-state index < -0.39 is 12.3 Å². The van der Waals surface area contributed by atoms with Crippen molar-refractivity contribution in [1.82, 2.24) is 10.3 Å². The fourth-order valence-electron chi connectivity index (χ4n) is 3.25. The number of carboxylic acid groups (broad SMARTS) is 1. The maximum absolute atomic E-state index is 10.7. The Morgan fingerprint density at radius 2 is 1.93 bits per heavy atom. The minimum absolute atomic E-state index is 0.0247. The van der Waals surface area contributed by atoms with Gasteiger partial charge in [-0.25, -0.2) is 4.79 Å². The first kappa shape index (κ1) is 20.5. The number of ether oxygens (including phenoxy) is 2. The van der Waals surface area contributed by atoms with Crippen molar-refractivity contribution in [3.05, 3.63) is 53.6 Å². The van der Waals surface area contributed by atoms with E-state index in [0.717, 1.165) is 17.7 Å². The third kappa shape index (κ3) is 4.98. The Balaban J connectivity index is 1.67. The summed E-state index contributed by atoms with van der Waals surface area (Å²) in [6.07, 6.45) is -1.54. The molecule has 0 fully saturated rings. The molecular weight excluding hydrogens is 376 g/mol. The molecule has 3 rings (SSSR count). The van der Waals surface area contributed by atoms with Gasteiger partial charge in [-0.05, 0) is 42.7 Å². The number of hydrogen-bond acceptors (Lipinski definition) is 6. The van der Waals surface area contributed by atoms with Gasteiger partial charge in [0.25, 0.3) is 0 Å². The van der Waals surface area contributed by atoms with Crippen LogP contribution in [0.15, 0.2) is 42.5 Å². The third-order valence-electron chi connectivity index (χ3n) is 4.70. The number of rotatable bonds is 8. The van der Waals surface area contributed by atoms with Gasteiger partial charge in [0.2, 0.25) is 5.88 Å². The number of fused-ring (bicyclic) bond motifs is 1. The molecule has 29 heavy (non-hydrogen) atoms. The van der Waals surface area contributed by atoms with Gasteiger partial charge in [0.15, 0.2) is 0 Å². The molecule has 8 heteroatoms. The van der Waals surface area contributed by atoms with E-state index in [1.165, 1.54) is 12.1 Å². The molecule has 0 bridgehead atoms. The summed E-state index contributed by atoms with van der Waals surface area (Å²) in [7, 11) is 1.63. The SMILES string of the molecule is COc1ccc(CC(C)NCC(O)c2ccc(O)c3[nH]c(OC(=O)O)cc23)cc1. The number of phenolic OH excluding ortho intramolecular Hbond substituents is 1. The molecule has 3 aromatic rings. The summed E-state index contributed by atoms with van der Waals surface area (Å²) in [5.41, 5.74) is 2.01. The molecule has 2 atom stereocenters. The number of aliphatic hydroxyl groups is 1. The maximum atomic E-state index is 10.7. The molecule has 0 saturated carbocycles. The van der Waals surface area contributed by atoms with Crippen LogP contribution in [0.5, 0.6) is 17.4 Å². The van der Waals surface area contributed by atoms with Crippen LogP contribution >= 0.6 is 0 Å². The van der Waals surface area contributed by atoms with E-state index in [0.29, 0.717) is 16.5 Å². The number of carbonyl (C=O) groups is 1. The zero-order chi connectivity index (χ0) is 21.0. The van der Waals surface area contributed by atoms with Gasteiger partial charge in [-0.15, -0.1) is 0 Å². The molecular formula is C21H24N2O6. The number of aliphatic hydroxyl groups excluding tert-OH is 1. The van der Waals surface area contributed by atoms with Crippen LogP contribution < -0.4 is 14.8 Å². The van der Waals surface area contributed by atoms with Gasteiger partial charge >= 0.3 is 6.16 Å². The number of nitrogens with one attached hydrogen (secondary N) is 2. The number of hydrogen-bond donors (Lipinski definition) is 5. The number of phenols is 1. The Hall–Kier alpha value is -3.23. The normalized spacial score (nSPS) is 13.2. The summed E-state index contributed by atoms with van der Waals surface area (Å²) in [5, 5.41) is 33.2. The van der Waals surface area contributed by atoms with E-state index in [1.54, 1.807) is 13.2 Å². The lowest BCUT2D eigenvalue weighted by Crippen LogP contribution is -2.32. The van der Waals surface area contributed by atoms with Crippen LogP contribution in [-0.4, -0.2) is 46.2 Å². The van der Waals surface area contributed by atoms with Crippen molar-refractivity contribution in [2.45, 2.75) is 25.5 Å². The van der Waals surface area contributed by atoms with E-state index in [9.17, 15) is 15.0 Å². The van der Waals surface area contributed by atoms with Gasteiger partial charge < -0.3 is 35.1 Å². The average Bonchev–Trinajstić information content (AvgIpc) is 3.10. The topological polar surface area (TPSA) is 124 Å². The zero-order valence-corrected chi connectivity index (χ0v) is 16.2. The standard InChI is InChI=1S/C21H24N2O6/c1-12(9-13-3-5-14(28-2)6-4-13)22-11-18(25)15-7-8-17(24)20-16(15)10-19(23-20)29-21(26)27/h3-8,10,12,18,22-25H,9,11H2,1-2H3,(H,26,27). The predicted molar refractivity (Wildman–Crippen MR) is 108 cm³/mol. The highest BCUT2D eigenvalue weighted by molar-refractivity contribution is 5.90. The first-order valence-corrected chi connectivity index (χ1v) is 9.17. The Kier molecular flexibility index (Phi) is 6.26. The lowest BCUT2D eigenvalue weighted by molar-refractivity contribution is 0.143. The summed E-state index contributed by atoms with van der Waals surface area (Å²) in [5.74, 6) is 0.721. The summed E-state index contributed by atoms with van der Waals surface area (Å²) >= 11 is 0. The minimum atomic E-state index is -1.47. The van der Waals surface area contributed by atoms with E-state index in [4.69, 9.17) is 9.84 Å². The zero-order valence-electron chi connectivity index (χ0n) is 16.2. The predicted octanol–water partition coefficient (Wildman–Crippen LogP) is 3.19. The summed E-state index contributed by atoms with van der Waals surface area (Å²) < 4.78 is 9.77. The number of aromatic amines is 1. The first-order chi connectivity index (χ1) is 13.9. The quantitative estimate of drug-likeness (QED) is 0.368. The summed E-state index contributed by atoms with van der Waals surface area (Å²) in [6.45, 7) is 2.32. The molecule has 0 amide bonds. The largest absolute Gasteiger partial charge is 0.512 e. The van der Waals surface area contributed by atoms with E-state index in [-0.39, 0.29) is 24.2 Å². The lowest BCUT2D eigenvalue weighted by Gasteiger charge is -2.18. The summed E-state index contributed by atoms with van der Waals surface area (Å²) in [6, 6.07) is 12.4. The van der Waals surface area contributed by atoms with Gasteiger partial charge in [-0.1, -0.05) is 18.2 Å². The number of aromatic nitrogens is 1. The highest BCUT2D eigenvalue weighted by Crippen LogP contribution is 2.33. The number of benzene rings is 2. The second-order valence-corrected chi connectivity index (χ2v) is 6.84. The highest BCUT2D eigenvalue weighted by Gasteiger charge is 2.18. The second kappa shape index (κ2) is 8.85. The molecule has 1 heterocycles. The molecule has 0 aliphatic carbocycles. The van der Waals surface area contributed by atoms with Crippen LogP contribution in [-0.2, 0) is 6.42 Å². The molecule has 5 N–H and O–H groups in total. The van der Waals surface area contributed by atoms with Crippen molar-refractivity contribution in [3.63, 3.8) is 0 Å². The molecule has 154 valence electrons. The molecule has 2 aromatic carbocycles. The van der Waals surface area contributed by atoms with Crippen LogP contribution in [0.4, 0.5) is 4.79 Å². The van der Waals surface area contributed by atoms with E-state index in [2.05, 4.69) is 15.0 Å². The monoisotopic (exact) mass is 400 g/mol. The van der Waals surface area contributed by atoms with Gasteiger partial charge in [-0.3, -0.25) is 0 Å². The first-order valence-electron chi connectivity index (χ1n) is 9.17. The van der Waals surface area contributed by atoms with Crippen LogP contribution in [0.3, 0.4) is 0 Å². The smallest absolute Gasteiger partial charge is 0.506 e. The van der Waals surface area contributed by atoms with Crippen molar-refractivity contribution in [2.75, 3.05) is 13.7 Å². The van der Waals surface area contributed by atoms with Crippen molar-refractivity contribution < 1.29 is 29.6 Å². The molecule has 0 saturated heterocycles. The van der Waals surface area contributed by atoms with Gasteiger partial charge in [0.1, 0.15) is 11.5 Å². The van der Waals surface area contributed by atoms with Crippen molar-refractivity contribution >= 4 is 17.1 Å². The summed E-state index contributed by atoms with van der Waals surface area (Å²) in [4.78, 5) is 13.4. The molecule has 2 unspecified atom stereocenters. The number of H-pyrrole nitrogens is 1. The highest BCUT2D eigenvalue weighted by atomic mass is 16.7. The van der Waals surface area contributed by atoms with Crippen molar-refractivity contribution in [1.29, 1.82) is 0 Å². The van der Waals surface area contributed by atoms with Crippen LogP contribution in [0.1, 0.15) is 24.2 Å². The van der Waals surface area contributed by atoms with E-state index in [1.807, 2.05) is 31.2 Å². The van der Waals surface area contributed by atoms with Crippen LogP contribution in [0, 0.1) is 0 Å². The Morgan fingerprint density at radius 1 is 1.21 bits per heavy atom. The molecule has 0 spiro atoms. The Morgan fingerprint density at radius 3 is 2.59 bits per heavy atom. The minimum Gasteiger partial charge on any atom is -0.506 e. The fourth-order valence-corrected chi connectivity index (χ4v) is 3.25. The van der Waals surface area contributed by atoms with Crippen LogP contribution in [0.2, 0.25) is 0 Å². The number of methoxy groups -OCH3 is 1. The van der Waals surface area contributed by atoms with Crippen molar-refractivity contribution in [3.8, 4) is 17.4 Å². The Labute approximate surface area is 167 Å². The average molecular weight is 400 g/mol. The Bertz CT molecular complexity index is 983. The van der Waals surface area contributed by atoms with E-state index >= 15 is 0 Å². The lowest BCUT2D eigenvalue weighted by atomic mass is 10.0. The third-order valence-corrected chi connectivity index (χ3v) is 4.70. The molecule has 8 nitrogen and oxygen atoms in total. The molecule has 0 aliphatic heterocycles. The maximum Gasteiger partial charge on any atom is 0.512 e. The fraction of sp³-hybridized carbons (Fsp3) is 0.286. The van der Waals surface area contributed by atoms with Crippen molar-refractivity contribution in [2.24, 2.45) is 0 Å². The molecule has 0 aliphatic rings.